The minimum Gasteiger partial charge on any atom is -0.459 e. The molecule has 2 aliphatic rings. The highest BCUT2D eigenvalue weighted by atomic mass is 16.5. The van der Waals surface area contributed by atoms with Gasteiger partial charge in [0.25, 0.3) is 0 Å². The quantitative estimate of drug-likeness (QED) is 0.683. The topological polar surface area (TPSA) is 26.3 Å². The second kappa shape index (κ2) is 7.55. The van der Waals surface area contributed by atoms with Gasteiger partial charge in [-0.1, -0.05) is 63.6 Å². The van der Waals surface area contributed by atoms with E-state index in [2.05, 4.69) is 39.0 Å². The van der Waals surface area contributed by atoms with Crippen LogP contribution in [0.1, 0.15) is 64.4 Å². The summed E-state index contributed by atoms with van der Waals surface area (Å²) < 4.78 is 6.06. The Balaban J connectivity index is 1.71. The molecule has 0 unspecified atom stereocenters. The van der Waals surface area contributed by atoms with E-state index >= 15 is 0 Å². The van der Waals surface area contributed by atoms with E-state index in [1.54, 1.807) is 0 Å². The van der Waals surface area contributed by atoms with Crippen molar-refractivity contribution in [2.24, 2.45) is 17.8 Å². The molecule has 130 valence electrons. The summed E-state index contributed by atoms with van der Waals surface area (Å²) in [7, 11) is 0. The largest absolute Gasteiger partial charge is 0.459 e. The molecule has 0 heterocycles. The van der Waals surface area contributed by atoms with Crippen molar-refractivity contribution in [3.63, 3.8) is 0 Å². The first-order valence-corrected chi connectivity index (χ1v) is 9.52. The SMILES string of the molecule is CC(C)[C@@H]1CC[C@@H](C)C[C@H]1OC(=O)C1=CCC[C@H]1c1ccccc1. The molecule has 24 heavy (non-hydrogen) atoms. The molecule has 3 rings (SSSR count). The highest BCUT2D eigenvalue weighted by Crippen LogP contribution is 2.39. The Morgan fingerprint density at radius 3 is 2.58 bits per heavy atom. The fourth-order valence-electron chi connectivity index (χ4n) is 4.42. The summed E-state index contributed by atoms with van der Waals surface area (Å²) in [6.45, 7) is 6.78. The van der Waals surface area contributed by atoms with Crippen LogP contribution in [-0.4, -0.2) is 12.1 Å². The minimum atomic E-state index is -0.0777. The van der Waals surface area contributed by atoms with Crippen LogP contribution in [0.2, 0.25) is 0 Å². The van der Waals surface area contributed by atoms with Gasteiger partial charge in [-0.2, -0.15) is 0 Å². The summed E-state index contributed by atoms with van der Waals surface area (Å²) in [6.07, 6.45) is 7.61. The summed E-state index contributed by atoms with van der Waals surface area (Å²) in [5, 5.41) is 0. The molecule has 0 saturated heterocycles. The molecule has 4 atom stereocenters. The fraction of sp³-hybridized carbons (Fsp3) is 0.591. The first kappa shape index (κ1) is 17.3. The molecule has 1 saturated carbocycles. The van der Waals surface area contributed by atoms with E-state index in [0.29, 0.717) is 17.8 Å². The molecular formula is C22H30O2. The highest BCUT2D eigenvalue weighted by Gasteiger charge is 2.35. The fourth-order valence-corrected chi connectivity index (χ4v) is 4.42. The second-order valence-corrected chi connectivity index (χ2v) is 7.97. The molecule has 0 spiro atoms. The van der Waals surface area contributed by atoms with E-state index in [1.807, 2.05) is 18.2 Å². The first-order chi connectivity index (χ1) is 11.6. The van der Waals surface area contributed by atoms with Crippen molar-refractivity contribution >= 4 is 5.97 Å². The third kappa shape index (κ3) is 3.74. The third-order valence-electron chi connectivity index (χ3n) is 5.85. The monoisotopic (exact) mass is 326 g/mol. The van der Waals surface area contributed by atoms with Gasteiger partial charge in [0.15, 0.2) is 0 Å². The van der Waals surface area contributed by atoms with Gasteiger partial charge in [0.05, 0.1) is 0 Å². The molecule has 0 aromatic heterocycles. The summed E-state index contributed by atoms with van der Waals surface area (Å²) >= 11 is 0. The van der Waals surface area contributed by atoms with Crippen molar-refractivity contribution in [1.82, 2.24) is 0 Å². The molecule has 2 aliphatic carbocycles. The van der Waals surface area contributed by atoms with E-state index < -0.39 is 0 Å². The molecule has 1 aromatic rings. The van der Waals surface area contributed by atoms with Crippen molar-refractivity contribution in [2.45, 2.75) is 64.9 Å². The zero-order chi connectivity index (χ0) is 17.1. The van der Waals surface area contributed by atoms with Gasteiger partial charge in [-0.3, -0.25) is 0 Å². The van der Waals surface area contributed by atoms with Crippen LogP contribution in [-0.2, 0) is 9.53 Å². The highest BCUT2D eigenvalue weighted by molar-refractivity contribution is 5.91. The maximum absolute atomic E-state index is 12.9. The molecule has 1 fully saturated rings. The van der Waals surface area contributed by atoms with Crippen LogP contribution in [0.5, 0.6) is 0 Å². The van der Waals surface area contributed by atoms with Crippen molar-refractivity contribution in [3.05, 3.63) is 47.5 Å². The van der Waals surface area contributed by atoms with Crippen molar-refractivity contribution in [3.8, 4) is 0 Å². The Labute approximate surface area is 146 Å². The Morgan fingerprint density at radius 2 is 1.88 bits per heavy atom. The van der Waals surface area contributed by atoms with Gasteiger partial charge in [0.2, 0.25) is 0 Å². The van der Waals surface area contributed by atoms with Gasteiger partial charge in [-0.05, 0) is 49.0 Å². The number of carbonyl (C=O) groups is 1. The lowest BCUT2D eigenvalue weighted by Gasteiger charge is -2.37. The summed E-state index contributed by atoms with van der Waals surface area (Å²) in [4.78, 5) is 12.9. The standard InChI is InChI=1S/C22H30O2/c1-15(2)18-13-12-16(3)14-21(18)24-22(23)20-11-7-10-19(20)17-8-5-4-6-9-17/h4-6,8-9,11,15-16,18-19,21H,7,10,12-14H2,1-3H3/t16-,18+,19+,21-/m1/s1. The van der Waals surface area contributed by atoms with E-state index in [9.17, 15) is 4.79 Å². The number of carbonyl (C=O) groups excluding carboxylic acids is 1. The summed E-state index contributed by atoms with van der Waals surface area (Å²) in [5.74, 6) is 1.85. The Hall–Kier alpha value is -1.57. The van der Waals surface area contributed by atoms with Crippen LogP contribution in [0, 0.1) is 17.8 Å². The Morgan fingerprint density at radius 1 is 1.12 bits per heavy atom. The average Bonchev–Trinajstić information content (AvgIpc) is 3.05. The van der Waals surface area contributed by atoms with Crippen LogP contribution in [0.15, 0.2) is 42.0 Å². The Kier molecular flexibility index (Phi) is 5.43. The van der Waals surface area contributed by atoms with Gasteiger partial charge in [-0.15, -0.1) is 0 Å². The number of allylic oxidation sites excluding steroid dienone is 1. The molecule has 2 nitrogen and oxygen atoms in total. The van der Waals surface area contributed by atoms with E-state index in [1.165, 1.54) is 18.4 Å². The molecular weight excluding hydrogens is 296 g/mol. The smallest absolute Gasteiger partial charge is 0.334 e. The van der Waals surface area contributed by atoms with Gasteiger partial charge in [-0.25, -0.2) is 4.79 Å². The Bertz CT molecular complexity index is 587. The molecule has 0 N–H and O–H groups in total. The summed E-state index contributed by atoms with van der Waals surface area (Å²) in [6, 6.07) is 10.4. The number of benzene rings is 1. The molecule has 1 aromatic carbocycles. The molecule has 0 radical (unpaired) electrons. The van der Waals surface area contributed by atoms with Crippen LogP contribution in [0.25, 0.3) is 0 Å². The molecule has 0 aliphatic heterocycles. The lowest BCUT2D eigenvalue weighted by molar-refractivity contribution is -0.151. The minimum absolute atomic E-state index is 0.0777. The molecule has 2 heteroatoms. The van der Waals surface area contributed by atoms with Gasteiger partial charge in [0.1, 0.15) is 6.10 Å². The van der Waals surface area contributed by atoms with Crippen LogP contribution < -0.4 is 0 Å². The zero-order valence-corrected chi connectivity index (χ0v) is 15.2. The normalized spacial score (nSPS) is 30.2. The number of esters is 1. The number of hydrogen-bond acceptors (Lipinski definition) is 2. The molecule has 0 bridgehead atoms. The second-order valence-electron chi connectivity index (χ2n) is 7.97. The predicted molar refractivity (Wildman–Crippen MR) is 97.7 cm³/mol. The van der Waals surface area contributed by atoms with Crippen LogP contribution >= 0.6 is 0 Å². The maximum atomic E-state index is 12.9. The van der Waals surface area contributed by atoms with Crippen molar-refractivity contribution in [2.75, 3.05) is 0 Å². The van der Waals surface area contributed by atoms with Gasteiger partial charge >= 0.3 is 5.97 Å². The van der Waals surface area contributed by atoms with Gasteiger partial charge < -0.3 is 4.74 Å². The number of rotatable bonds is 4. The average molecular weight is 326 g/mol. The predicted octanol–water partition coefficient (Wildman–Crippen LogP) is 5.49. The van der Waals surface area contributed by atoms with Crippen molar-refractivity contribution < 1.29 is 9.53 Å². The van der Waals surface area contributed by atoms with Crippen LogP contribution in [0.3, 0.4) is 0 Å². The lowest BCUT2D eigenvalue weighted by atomic mass is 9.75. The van der Waals surface area contributed by atoms with Crippen LogP contribution in [0.4, 0.5) is 0 Å². The number of hydrogen-bond donors (Lipinski definition) is 0. The number of ether oxygens (including phenoxy) is 1. The van der Waals surface area contributed by atoms with E-state index in [4.69, 9.17) is 4.74 Å². The van der Waals surface area contributed by atoms with E-state index in [-0.39, 0.29) is 18.0 Å². The lowest BCUT2D eigenvalue weighted by Crippen LogP contribution is -2.36. The summed E-state index contributed by atoms with van der Waals surface area (Å²) in [5.41, 5.74) is 2.11. The third-order valence-corrected chi connectivity index (χ3v) is 5.85. The zero-order valence-electron chi connectivity index (χ0n) is 15.2. The first-order valence-electron chi connectivity index (χ1n) is 9.52. The van der Waals surface area contributed by atoms with Gasteiger partial charge in [0, 0.05) is 11.5 Å². The van der Waals surface area contributed by atoms with Crippen molar-refractivity contribution in [1.29, 1.82) is 0 Å². The van der Waals surface area contributed by atoms with E-state index in [0.717, 1.165) is 24.8 Å². The maximum Gasteiger partial charge on any atom is 0.334 e. The molecule has 0 amide bonds.